The summed E-state index contributed by atoms with van der Waals surface area (Å²) in [5, 5.41) is 0. The summed E-state index contributed by atoms with van der Waals surface area (Å²) in [7, 11) is 3.87. The Morgan fingerprint density at radius 3 is 2.74 bits per heavy atom. The Balaban J connectivity index is 2.16. The molecular formula is C14H19FN4. The number of nitrogens with zero attached hydrogens (tertiary/aromatic N) is 3. The molecule has 1 atom stereocenters. The van der Waals surface area contributed by atoms with Crippen LogP contribution >= 0.6 is 0 Å². The second kappa shape index (κ2) is 5.95. The largest absolute Gasteiger partial charge is 0.336 e. The fourth-order valence-electron chi connectivity index (χ4n) is 2.22. The Kier molecular flexibility index (Phi) is 4.29. The fraction of sp³-hybridized carbons (Fsp3) is 0.357. The van der Waals surface area contributed by atoms with Gasteiger partial charge in [0.1, 0.15) is 5.82 Å². The van der Waals surface area contributed by atoms with Crippen molar-refractivity contribution >= 4 is 0 Å². The molecule has 0 saturated heterocycles. The third kappa shape index (κ3) is 3.00. The van der Waals surface area contributed by atoms with E-state index in [1.165, 1.54) is 6.07 Å². The second-order valence-corrected chi connectivity index (χ2v) is 4.69. The highest BCUT2D eigenvalue weighted by atomic mass is 19.1. The molecule has 4 nitrogen and oxygen atoms in total. The number of likely N-dealkylation sites (N-methyl/N-ethyl adjacent to an activating group) is 1. The van der Waals surface area contributed by atoms with Gasteiger partial charge in [-0.3, -0.25) is 4.90 Å². The second-order valence-electron chi connectivity index (χ2n) is 4.69. The van der Waals surface area contributed by atoms with Crippen molar-refractivity contribution < 1.29 is 4.39 Å². The van der Waals surface area contributed by atoms with E-state index in [0.717, 1.165) is 5.69 Å². The Labute approximate surface area is 112 Å². The number of hydrogen-bond acceptors (Lipinski definition) is 3. The van der Waals surface area contributed by atoms with E-state index in [1.807, 2.05) is 29.6 Å². The van der Waals surface area contributed by atoms with Gasteiger partial charge in [0.2, 0.25) is 0 Å². The SMILES string of the molecule is CN(Cc1ccccc1F)C(CN)c1cncn1C. The van der Waals surface area contributed by atoms with Crippen molar-refractivity contribution in [3.8, 4) is 0 Å². The van der Waals surface area contributed by atoms with Gasteiger partial charge in [-0.1, -0.05) is 18.2 Å². The molecule has 0 radical (unpaired) electrons. The lowest BCUT2D eigenvalue weighted by molar-refractivity contribution is 0.231. The van der Waals surface area contributed by atoms with E-state index in [4.69, 9.17) is 5.73 Å². The van der Waals surface area contributed by atoms with E-state index in [0.29, 0.717) is 18.7 Å². The molecule has 0 saturated carbocycles. The van der Waals surface area contributed by atoms with Gasteiger partial charge in [-0.15, -0.1) is 0 Å². The molecule has 102 valence electrons. The predicted octanol–water partition coefficient (Wildman–Crippen LogP) is 1.69. The zero-order valence-corrected chi connectivity index (χ0v) is 11.3. The first-order chi connectivity index (χ1) is 9.13. The summed E-state index contributed by atoms with van der Waals surface area (Å²) in [6, 6.07) is 6.83. The summed E-state index contributed by atoms with van der Waals surface area (Å²) in [6.07, 6.45) is 3.55. The number of aromatic nitrogens is 2. The molecule has 1 aromatic carbocycles. The van der Waals surface area contributed by atoms with Crippen LogP contribution in [0.2, 0.25) is 0 Å². The summed E-state index contributed by atoms with van der Waals surface area (Å²) in [6.45, 7) is 0.976. The van der Waals surface area contributed by atoms with Gasteiger partial charge < -0.3 is 10.3 Å². The number of nitrogens with two attached hydrogens (primary N) is 1. The van der Waals surface area contributed by atoms with Crippen LogP contribution in [0.1, 0.15) is 17.3 Å². The molecule has 0 aliphatic carbocycles. The van der Waals surface area contributed by atoms with Crippen molar-refractivity contribution in [2.24, 2.45) is 12.8 Å². The first-order valence-electron chi connectivity index (χ1n) is 6.23. The van der Waals surface area contributed by atoms with Gasteiger partial charge in [-0.05, 0) is 13.1 Å². The van der Waals surface area contributed by atoms with E-state index >= 15 is 0 Å². The molecule has 0 aliphatic rings. The lowest BCUT2D eigenvalue weighted by Gasteiger charge is -2.27. The summed E-state index contributed by atoms with van der Waals surface area (Å²) in [4.78, 5) is 6.14. The molecule has 0 amide bonds. The maximum atomic E-state index is 13.7. The van der Waals surface area contributed by atoms with Crippen molar-refractivity contribution in [1.82, 2.24) is 14.5 Å². The van der Waals surface area contributed by atoms with Gasteiger partial charge in [0, 0.05) is 31.9 Å². The van der Waals surface area contributed by atoms with E-state index < -0.39 is 0 Å². The summed E-state index contributed by atoms with van der Waals surface area (Å²) >= 11 is 0. The van der Waals surface area contributed by atoms with Crippen molar-refractivity contribution in [1.29, 1.82) is 0 Å². The lowest BCUT2D eigenvalue weighted by Crippen LogP contribution is -2.31. The smallest absolute Gasteiger partial charge is 0.127 e. The van der Waals surface area contributed by atoms with Crippen molar-refractivity contribution in [3.63, 3.8) is 0 Å². The van der Waals surface area contributed by atoms with Gasteiger partial charge in [0.25, 0.3) is 0 Å². The van der Waals surface area contributed by atoms with Crippen molar-refractivity contribution in [2.75, 3.05) is 13.6 Å². The van der Waals surface area contributed by atoms with E-state index in [9.17, 15) is 4.39 Å². The Bertz CT molecular complexity index is 538. The average molecular weight is 262 g/mol. The van der Waals surface area contributed by atoms with Crippen LogP contribution in [0.3, 0.4) is 0 Å². The van der Waals surface area contributed by atoms with Crippen LogP contribution in [0.15, 0.2) is 36.8 Å². The zero-order chi connectivity index (χ0) is 13.8. The normalized spacial score (nSPS) is 12.9. The highest BCUT2D eigenvalue weighted by Gasteiger charge is 2.19. The van der Waals surface area contributed by atoms with Gasteiger partial charge >= 0.3 is 0 Å². The van der Waals surface area contributed by atoms with Crippen LogP contribution in [0.25, 0.3) is 0 Å². The molecule has 19 heavy (non-hydrogen) atoms. The highest BCUT2D eigenvalue weighted by Crippen LogP contribution is 2.20. The number of halogens is 1. The van der Waals surface area contributed by atoms with Gasteiger partial charge in [0.05, 0.1) is 18.1 Å². The topological polar surface area (TPSA) is 47.1 Å². The van der Waals surface area contributed by atoms with E-state index in [1.54, 1.807) is 24.7 Å². The average Bonchev–Trinajstić information content (AvgIpc) is 2.80. The fourth-order valence-corrected chi connectivity index (χ4v) is 2.22. The molecule has 5 heteroatoms. The number of rotatable bonds is 5. The molecule has 1 unspecified atom stereocenters. The minimum atomic E-state index is -0.185. The molecule has 1 heterocycles. The van der Waals surface area contributed by atoms with Gasteiger partial charge in [-0.25, -0.2) is 9.37 Å². The van der Waals surface area contributed by atoms with Crippen LogP contribution in [-0.2, 0) is 13.6 Å². The third-order valence-corrected chi connectivity index (χ3v) is 3.33. The monoisotopic (exact) mass is 262 g/mol. The minimum Gasteiger partial charge on any atom is -0.336 e. The van der Waals surface area contributed by atoms with E-state index in [-0.39, 0.29) is 11.9 Å². The van der Waals surface area contributed by atoms with E-state index in [2.05, 4.69) is 4.98 Å². The molecule has 0 bridgehead atoms. The summed E-state index contributed by atoms with van der Waals surface area (Å²) < 4.78 is 15.6. The predicted molar refractivity (Wildman–Crippen MR) is 72.9 cm³/mol. The number of aryl methyl sites for hydroxylation is 1. The lowest BCUT2D eigenvalue weighted by atomic mass is 10.1. The van der Waals surface area contributed by atoms with Crippen molar-refractivity contribution in [2.45, 2.75) is 12.6 Å². The van der Waals surface area contributed by atoms with Gasteiger partial charge in [-0.2, -0.15) is 0 Å². The molecule has 2 rings (SSSR count). The number of hydrogen-bond donors (Lipinski definition) is 1. The van der Waals surface area contributed by atoms with Crippen LogP contribution in [0, 0.1) is 5.82 Å². The van der Waals surface area contributed by atoms with Crippen molar-refractivity contribution in [3.05, 3.63) is 53.9 Å². The summed E-state index contributed by atoms with van der Waals surface area (Å²) in [5.41, 5.74) is 7.55. The molecule has 1 aromatic heterocycles. The highest BCUT2D eigenvalue weighted by molar-refractivity contribution is 5.17. The summed E-state index contributed by atoms with van der Waals surface area (Å²) in [5.74, 6) is -0.185. The quantitative estimate of drug-likeness (QED) is 0.892. The number of benzene rings is 1. The molecule has 2 aromatic rings. The zero-order valence-electron chi connectivity index (χ0n) is 11.3. The maximum Gasteiger partial charge on any atom is 0.127 e. The standard InChI is InChI=1S/C14H19FN4/c1-18(9-11-5-3-4-6-12(11)15)13(7-16)14-8-17-10-19(14)2/h3-6,8,10,13H,7,9,16H2,1-2H3. The Morgan fingerprint density at radius 1 is 1.42 bits per heavy atom. The molecular weight excluding hydrogens is 243 g/mol. The minimum absolute atomic E-state index is 0.0205. The first kappa shape index (κ1) is 13.7. The van der Waals surface area contributed by atoms with Crippen LogP contribution in [0.5, 0.6) is 0 Å². The van der Waals surface area contributed by atoms with Crippen LogP contribution < -0.4 is 5.73 Å². The maximum absolute atomic E-state index is 13.7. The van der Waals surface area contributed by atoms with Crippen LogP contribution in [0.4, 0.5) is 4.39 Å². The van der Waals surface area contributed by atoms with Crippen LogP contribution in [-0.4, -0.2) is 28.0 Å². The molecule has 0 spiro atoms. The Hall–Kier alpha value is -1.72. The number of imidazole rings is 1. The molecule has 0 aliphatic heterocycles. The Morgan fingerprint density at radius 2 is 2.16 bits per heavy atom. The third-order valence-electron chi connectivity index (χ3n) is 3.33. The molecule has 2 N–H and O–H groups in total. The van der Waals surface area contributed by atoms with Gasteiger partial charge in [0.15, 0.2) is 0 Å². The first-order valence-corrected chi connectivity index (χ1v) is 6.23. The molecule has 0 fully saturated rings.